The molecule has 1 N–H and O–H groups in total. The molecule has 2 aromatic carbocycles. The first kappa shape index (κ1) is 20.9. The molecule has 0 saturated heterocycles. The molecule has 156 valence electrons. The van der Waals surface area contributed by atoms with Crippen molar-refractivity contribution in [2.45, 2.75) is 13.8 Å². The summed E-state index contributed by atoms with van der Waals surface area (Å²) in [6, 6.07) is 13.4. The topological polar surface area (TPSA) is 91.7 Å². The molecule has 0 unspecified atom stereocenters. The number of benzene rings is 2. The van der Waals surface area contributed by atoms with Crippen LogP contribution in [-0.2, 0) is 4.79 Å². The summed E-state index contributed by atoms with van der Waals surface area (Å²) in [6.45, 7) is 3.66. The Balaban J connectivity index is 1.72. The first-order chi connectivity index (χ1) is 14.4. The Hall–Kier alpha value is -3.81. The average Bonchev–Trinajstić information content (AvgIpc) is 2.75. The highest BCUT2D eigenvalue weighted by Crippen LogP contribution is 2.28. The van der Waals surface area contributed by atoms with Crippen LogP contribution < -0.4 is 25.1 Å². The summed E-state index contributed by atoms with van der Waals surface area (Å²) in [7, 11) is 3.04. The lowest BCUT2D eigenvalue weighted by Crippen LogP contribution is -2.24. The zero-order valence-corrected chi connectivity index (χ0v) is 17.3. The van der Waals surface area contributed by atoms with Crippen LogP contribution >= 0.6 is 0 Å². The highest BCUT2D eigenvalue weighted by Gasteiger charge is 2.11. The van der Waals surface area contributed by atoms with Crippen molar-refractivity contribution < 1.29 is 19.0 Å². The number of carbonyl (C=O) groups is 1. The van der Waals surface area contributed by atoms with E-state index in [1.807, 2.05) is 32.0 Å². The molecule has 3 aromatic rings. The molecule has 0 saturated carbocycles. The lowest BCUT2D eigenvalue weighted by Gasteiger charge is -2.12. The van der Waals surface area contributed by atoms with Crippen LogP contribution in [0.25, 0.3) is 5.69 Å². The quantitative estimate of drug-likeness (QED) is 0.645. The van der Waals surface area contributed by atoms with Gasteiger partial charge in [-0.3, -0.25) is 9.59 Å². The van der Waals surface area contributed by atoms with Gasteiger partial charge in [0, 0.05) is 18.2 Å². The molecule has 0 aliphatic carbocycles. The predicted molar refractivity (Wildman–Crippen MR) is 113 cm³/mol. The number of rotatable bonds is 7. The molecule has 1 heterocycles. The number of carbonyl (C=O) groups excluding carboxylic acids is 1. The number of nitrogens with zero attached hydrogens (tertiary/aromatic N) is 2. The van der Waals surface area contributed by atoms with Crippen molar-refractivity contribution in [2.75, 3.05) is 26.1 Å². The van der Waals surface area contributed by atoms with Gasteiger partial charge in [-0.2, -0.15) is 4.68 Å². The van der Waals surface area contributed by atoms with Gasteiger partial charge in [-0.25, -0.2) is 0 Å². The zero-order chi connectivity index (χ0) is 21.7. The Bertz CT molecular complexity index is 1120. The van der Waals surface area contributed by atoms with Gasteiger partial charge in [-0.1, -0.05) is 6.07 Å². The van der Waals surface area contributed by atoms with Gasteiger partial charge in [0.05, 0.1) is 25.6 Å². The number of methoxy groups -OCH3 is 2. The fourth-order valence-electron chi connectivity index (χ4n) is 2.75. The molecule has 30 heavy (non-hydrogen) atoms. The predicted octanol–water partition coefficient (Wildman–Crippen LogP) is 2.88. The average molecular weight is 409 g/mol. The van der Waals surface area contributed by atoms with Crippen LogP contribution in [0.5, 0.6) is 17.4 Å². The van der Waals surface area contributed by atoms with Crippen molar-refractivity contribution in [1.82, 2.24) is 9.78 Å². The second-order valence-electron chi connectivity index (χ2n) is 6.59. The highest BCUT2D eigenvalue weighted by molar-refractivity contribution is 5.93. The van der Waals surface area contributed by atoms with E-state index < -0.39 is 5.91 Å². The summed E-state index contributed by atoms with van der Waals surface area (Å²) in [4.78, 5) is 24.5. The third kappa shape index (κ3) is 4.78. The van der Waals surface area contributed by atoms with E-state index in [4.69, 9.17) is 14.2 Å². The third-order valence-electron chi connectivity index (χ3n) is 4.54. The van der Waals surface area contributed by atoms with E-state index in [2.05, 4.69) is 10.4 Å². The Morgan fingerprint density at radius 2 is 1.80 bits per heavy atom. The van der Waals surface area contributed by atoms with Crippen LogP contribution in [0.15, 0.2) is 53.3 Å². The van der Waals surface area contributed by atoms with Crippen molar-refractivity contribution in [3.05, 3.63) is 70.0 Å². The molecule has 0 radical (unpaired) electrons. The van der Waals surface area contributed by atoms with E-state index in [9.17, 15) is 9.59 Å². The van der Waals surface area contributed by atoms with Crippen LogP contribution in [0.4, 0.5) is 5.69 Å². The minimum absolute atomic E-state index is 0.153. The fraction of sp³-hybridized carbons (Fsp3) is 0.227. The van der Waals surface area contributed by atoms with Crippen LogP contribution in [-0.4, -0.2) is 36.5 Å². The van der Waals surface area contributed by atoms with Crippen LogP contribution in [0, 0.1) is 13.8 Å². The molecular weight excluding hydrogens is 386 g/mol. The minimum Gasteiger partial charge on any atom is -0.497 e. The largest absolute Gasteiger partial charge is 0.497 e. The van der Waals surface area contributed by atoms with Crippen molar-refractivity contribution in [3.8, 4) is 23.1 Å². The molecular formula is C22H23N3O5. The van der Waals surface area contributed by atoms with E-state index in [0.29, 0.717) is 22.9 Å². The van der Waals surface area contributed by atoms with Gasteiger partial charge in [0.25, 0.3) is 11.5 Å². The van der Waals surface area contributed by atoms with Crippen LogP contribution in [0.2, 0.25) is 0 Å². The smallest absolute Gasteiger partial charge is 0.271 e. The summed E-state index contributed by atoms with van der Waals surface area (Å²) in [5.41, 5.74) is 2.94. The van der Waals surface area contributed by atoms with E-state index >= 15 is 0 Å². The summed E-state index contributed by atoms with van der Waals surface area (Å²) in [6.07, 6.45) is 0. The molecule has 1 aromatic heterocycles. The number of amides is 1. The Morgan fingerprint density at radius 3 is 2.50 bits per heavy atom. The minimum atomic E-state index is -0.410. The van der Waals surface area contributed by atoms with E-state index in [1.165, 1.54) is 31.0 Å². The van der Waals surface area contributed by atoms with Gasteiger partial charge in [0.1, 0.15) is 11.5 Å². The van der Waals surface area contributed by atoms with Crippen molar-refractivity contribution in [2.24, 2.45) is 0 Å². The molecule has 0 aliphatic rings. The first-order valence-corrected chi connectivity index (χ1v) is 9.24. The van der Waals surface area contributed by atoms with E-state index in [1.54, 1.807) is 18.2 Å². The Kier molecular flexibility index (Phi) is 6.36. The van der Waals surface area contributed by atoms with Crippen molar-refractivity contribution >= 4 is 11.6 Å². The molecule has 0 fully saturated rings. The summed E-state index contributed by atoms with van der Waals surface area (Å²) in [5, 5.41) is 6.92. The summed E-state index contributed by atoms with van der Waals surface area (Å²) < 4.78 is 17.1. The van der Waals surface area contributed by atoms with Gasteiger partial charge in [-0.05, 0) is 49.2 Å². The van der Waals surface area contributed by atoms with Crippen molar-refractivity contribution in [3.63, 3.8) is 0 Å². The standard InChI is InChI=1S/C22H23N3O5/c1-14-5-6-16(11-15(14)2)25-22(27)10-9-21(24-25)30-13-20(26)23-18-12-17(28-3)7-8-19(18)29-4/h5-12H,13H2,1-4H3,(H,23,26). The van der Waals surface area contributed by atoms with Crippen LogP contribution in [0.1, 0.15) is 11.1 Å². The van der Waals surface area contributed by atoms with Gasteiger partial charge in [0.2, 0.25) is 5.88 Å². The monoisotopic (exact) mass is 409 g/mol. The second kappa shape index (κ2) is 9.13. The maximum absolute atomic E-state index is 12.3. The zero-order valence-electron chi connectivity index (χ0n) is 17.3. The molecule has 1 amide bonds. The number of hydrogen-bond donors (Lipinski definition) is 1. The number of aromatic nitrogens is 2. The lowest BCUT2D eigenvalue weighted by molar-refractivity contribution is -0.118. The SMILES string of the molecule is COc1ccc(OC)c(NC(=O)COc2ccc(=O)n(-c3ccc(C)c(C)c3)n2)c1. The maximum atomic E-state index is 12.3. The van der Waals surface area contributed by atoms with Gasteiger partial charge < -0.3 is 19.5 Å². The molecule has 3 rings (SSSR count). The van der Waals surface area contributed by atoms with Gasteiger partial charge in [0.15, 0.2) is 6.61 Å². The molecule has 0 spiro atoms. The van der Waals surface area contributed by atoms with E-state index in [-0.39, 0.29) is 18.0 Å². The number of anilines is 1. The molecule has 8 heteroatoms. The number of nitrogens with one attached hydrogen (secondary N) is 1. The van der Waals surface area contributed by atoms with E-state index in [0.717, 1.165) is 11.1 Å². The Morgan fingerprint density at radius 1 is 1.00 bits per heavy atom. The summed E-state index contributed by atoms with van der Waals surface area (Å²) >= 11 is 0. The highest BCUT2D eigenvalue weighted by atomic mass is 16.5. The molecule has 8 nitrogen and oxygen atoms in total. The molecule has 0 atom stereocenters. The molecule has 0 aliphatic heterocycles. The Labute approximate surface area is 174 Å². The second-order valence-corrected chi connectivity index (χ2v) is 6.59. The van der Waals surface area contributed by atoms with Gasteiger partial charge in [-0.15, -0.1) is 5.10 Å². The normalized spacial score (nSPS) is 10.4. The molecule has 0 bridgehead atoms. The van der Waals surface area contributed by atoms with Gasteiger partial charge >= 0.3 is 0 Å². The van der Waals surface area contributed by atoms with Crippen molar-refractivity contribution in [1.29, 1.82) is 0 Å². The number of hydrogen-bond acceptors (Lipinski definition) is 6. The fourth-order valence-corrected chi connectivity index (χ4v) is 2.75. The maximum Gasteiger partial charge on any atom is 0.271 e. The third-order valence-corrected chi connectivity index (χ3v) is 4.54. The number of aryl methyl sites for hydroxylation is 2. The number of ether oxygens (including phenoxy) is 3. The lowest BCUT2D eigenvalue weighted by atomic mass is 10.1. The summed E-state index contributed by atoms with van der Waals surface area (Å²) in [5.74, 6) is 0.813. The van der Waals surface area contributed by atoms with Crippen LogP contribution in [0.3, 0.4) is 0 Å². The first-order valence-electron chi connectivity index (χ1n) is 9.24.